The van der Waals surface area contributed by atoms with Gasteiger partial charge in [-0.1, -0.05) is 13.8 Å². The fourth-order valence-electron chi connectivity index (χ4n) is 2.28. The highest BCUT2D eigenvalue weighted by atomic mass is 16.5. The molecule has 0 aliphatic carbocycles. The number of aromatic amines is 1. The maximum atomic E-state index is 5.90. The molecule has 1 aliphatic heterocycles. The lowest BCUT2D eigenvalue weighted by Gasteiger charge is -2.19. The number of nitrogen functional groups attached to an aromatic ring is 1. The van der Waals surface area contributed by atoms with Gasteiger partial charge in [0.15, 0.2) is 11.5 Å². The Kier molecular flexibility index (Phi) is 2.85. The van der Waals surface area contributed by atoms with Gasteiger partial charge in [0.05, 0.1) is 19.4 Å². The standard InChI is InChI=1S/C15H19N3O2/c1-9-4-12-13(20-8-15(2,3)7-19-12)5-10(9)11-6-17-18-14(11)16/h4-6H,7-8H2,1-3H3,(H3,16,17,18). The summed E-state index contributed by atoms with van der Waals surface area (Å²) < 4.78 is 11.8. The second-order valence-corrected chi connectivity index (χ2v) is 6.05. The molecule has 5 nitrogen and oxygen atoms in total. The SMILES string of the molecule is Cc1cc2c(cc1-c1cn[nH]c1N)OCC(C)(C)CO2. The number of nitrogens with one attached hydrogen (secondary N) is 1. The third-order valence-electron chi connectivity index (χ3n) is 3.49. The molecule has 20 heavy (non-hydrogen) atoms. The minimum atomic E-state index is 0.00174. The molecule has 2 heterocycles. The van der Waals surface area contributed by atoms with Crippen LogP contribution in [0.5, 0.6) is 11.5 Å². The monoisotopic (exact) mass is 273 g/mol. The number of nitrogens with zero attached hydrogens (tertiary/aromatic N) is 1. The number of nitrogens with two attached hydrogens (primary N) is 1. The van der Waals surface area contributed by atoms with Crippen LogP contribution in [0.4, 0.5) is 5.82 Å². The molecule has 0 fully saturated rings. The van der Waals surface area contributed by atoms with Crippen molar-refractivity contribution in [3.63, 3.8) is 0 Å². The predicted molar refractivity (Wildman–Crippen MR) is 77.9 cm³/mol. The highest BCUT2D eigenvalue weighted by Crippen LogP contribution is 2.39. The smallest absolute Gasteiger partial charge is 0.161 e. The van der Waals surface area contributed by atoms with E-state index in [2.05, 4.69) is 24.0 Å². The number of benzene rings is 1. The highest BCUT2D eigenvalue weighted by molar-refractivity contribution is 5.77. The average Bonchev–Trinajstić information content (AvgIpc) is 2.75. The molecule has 0 saturated carbocycles. The minimum absolute atomic E-state index is 0.00174. The van der Waals surface area contributed by atoms with E-state index >= 15 is 0 Å². The molecule has 0 spiro atoms. The summed E-state index contributed by atoms with van der Waals surface area (Å²) in [5.41, 5.74) is 8.89. The largest absolute Gasteiger partial charge is 0.489 e. The van der Waals surface area contributed by atoms with Gasteiger partial charge in [0, 0.05) is 11.0 Å². The maximum Gasteiger partial charge on any atom is 0.161 e. The van der Waals surface area contributed by atoms with Gasteiger partial charge in [-0.2, -0.15) is 5.10 Å². The number of hydrogen-bond donors (Lipinski definition) is 2. The zero-order valence-corrected chi connectivity index (χ0v) is 12.0. The second kappa shape index (κ2) is 4.44. The summed E-state index contributed by atoms with van der Waals surface area (Å²) in [6, 6.07) is 3.98. The molecule has 0 radical (unpaired) electrons. The molecule has 0 unspecified atom stereocenters. The zero-order valence-electron chi connectivity index (χ0n) is 12.0. The van der Waals surface area contributed by atoms with E-state index in [4.69, 9.17) is 15.2 Å². The van der Waals surface area contributed by atoms with Crippen LogP contribution in [-0.4, -0.2) is 23.4 Å². The number of fused-ring (bicyclic) bond motifs is 1. The minimum Gasteiger partial charge on any atom is -0.489 e. The Balaban J connectivity index is 2.05. The summed E-state index contributed by atoms with van der Waals surface area (Å²) in [5, 5.41) is 6.73. The Morgan fingerprint density at radius 2 is 1.80 bits per heavy atom. The molecule has 0 saturated heterocycles. The molecule has 0 amide bonds. The number of aromatic nitrogens is 2. The van der Waals surface area contributed by atoms with Gasteiger partial charge in [-0.15, -0.1) is 0 Å². The van der Waals surface area contributed by atoms with E-state index in [0.717, 1.165) is 28.2 Å². The van der Waals surface area contributed by atoms with E-state index in [1.54, 1.807) is 6.20 Å². The maximum absolute atomic E-state index is 5.90. The van der Waals surface area contributed by atoms with Crippen LogP contribution in [0.3, 0.4) is 0 Å². The first-order valence-corrected chi connectivity index (χ1v) is 6.66. The normalized spacial score (nSPS) is 16.8. The van der Waals surface area contributed by atoms with Crippen molar-refractivity contribution in [3.05, 3.63) is 23.9 Å². The van der Waals surface area contributed by atoms with Crippen LogP contribution >= 0.6 is 0 Å². The first-order chi connectivity index (χ1) is 9.46. The summed E-state index contributed by atoms with van der Waals surface area (Å²) in [5.74, 6) is 2.11. The first-order valence-electron chi connectivity index (χ1n) is 6.66. The predicted octanol–water partition coefficient (Wildman–Crippen LogP) is 2.76. The van der Waals surface area contributed by atoms with Gasteiger partial charge in [-0.05, 0) is 30.2 Å². The number of rotatable bonds is 1. The molecule has 5 heteroatoms. The molecule has 1 aromatic heterocycles. The van der Waals surface area contributed by atoms with Gasteiger partial charge in [-0.3, -0.25) is 5.10 Å². The average molecular weight is 273 g/mol. The van der Waals surface area contributed by atoms with Crippen molar-refractivity contribution in [2.45, 2.75) is 20.8 Å². The Morgan fingerprint density at radius 3 is 2.40 bits per heavy atom. The number of hydrogen-bond acceptors (Lipinski definition) is 4. The third-order valence-corrected chi connectivity index (χ3v) is 3.49. The quantitative estimate of drug-likeness (QED) is 0.838. The van der Waals surface area contributed by atoms with Crippen molar-refractivity contribution in [2.24, 2.45) is 5.41 Å². The van der Waals surface area contributed by atoms with E-state index < -0.39 is 0 Å². The van der Waals surface area contributed by atoms with Crippen molar-refractivity contribution in [1.82, 2.24) is 10.2 Å². The van der Waals surface area contributed by atoms with Gasteiger partial charge in [-0.25, -0.2) is 0 Å². The molecule has 1 aromatic carbocycles. The number of anilines is 1. The Hall–Kier alpha value is -2.17. The van der Waals surface area contributed by atoms with Crippen LogP contribution in [0.15, 0.2) is 18.3 Å². The van der Waals surface area contributed by atoms with E-state index in [0.29, 0.717) is 19.0 Å². The van der Waals surface area contributed by atoms with E-state index in [1.165, 1.54) is 0 Å². The summed E-state index contributed by atoms with van der Waals surface area (Å²) in [6.07, 6.45) is 1.73. The highest BCUT2D eigenvalue weighted by Gasteiger charge is 2.26. The van der Waals surface area contributed by atoms with Gasteiger partial charge < -0.3 is 15.2 Å². The number of aryl methyl sites for hydroxylation is 1. The Labute approximate surface area is 118 Å². The number of ether oxygens (including phenoxy) is 2. The van der Waals surface area contributed by atoms with Crippen LogP contribution in [0.1, 0.15) is 19.4 Å². The van der Waals surface area contributed by atoms with Gasteiger partial charge in [0.2, 0.25) is 0 Å². The van der Waals surface area contributed by atoms with Crippen LogP contribution < -0.4 is 15.2 Å². The lowest BCUT2D eigenvalue weighted by molar-refractivity contribution is 0.140. The van der Waals surface area contributed by atoms with Crippen molar-refractivity contribution in [3.8, 4) is 22.6 Å². The lowest BCUT2D eigenvalue weighted by Crippen LogP contribution is -2.26. The Bertz CT molecular complexity index is 647. The van der Waals surface area contributed by atoms with Crippen molar-refractivity contribution >= 4 is 5.82 Å². The van der Waals surface area contributed by atoms with Crippen LogP contribution in [0.2, 0.25) is 0 Å². The molecule has 106 valence electrons. The first kappa shape index (κ1) is 12.8. The molecular formula is C15H19N3O2. The zero-order chi connectivity index (χ0) is 14.3. The van der Waals surface area contributed by atoms with Crippen LogP contribution in [0, 0.1) is 12.3 Å². The molecule has 0 atom stereocenters. The Morgan fingerprint density at radius 1 is 1.15 bits per heavy atom. The third kappa shape index (κ3) is 2.19. The van der Waals surface area contributed by atoms with Gasteiger partial charge in [0.1, 0.15) is 5.82 Å². The summed E-state index contributed by atoms with van der Waals surface area (Å²) >= 11 is 0. The molecule has 3 rings (SSSR count). The van der Waals surface area contributed by atoms with Crippen molar-refractivity contribution in [1.29, 1.82) is 0 Å². The fraction of sp³-hybridized carbons (Fsp3) is 0.400. The van der Waals surface area contributed by atoms with Crippen LogP contribution in [-0.2, 0) is 0 Å². The fourth-order valence-corrected chi connectivity index (χ4v) is 2.28. The topological polar surface area (TPSA) is 73.2 Å². The lowest BCUT2D eigenvalue weighted by atomic mass is 9.97. The van der Waals surface area contributed by atoms with Crippen molar-refractivity contribution < 1.29 is 9.47 Å². The van der Waals surface area contributed by atoms with Gasteiger partial charge >= 0.3 is 0 Å². The summed E-state index contributed by atoms with van der Waals surface area (Å²) in [7, 11) is 0. The molecule has 3 N–H and O–H groups in total. The summed E-state index contributed by atoms with van der Waals surface area (Å²) in [4.78, 5) is 0. The number of H-pyrrole nitrogens is 1. The molecule has 0 bridgehead atoms. The van der Waals surface area contributed by atoms with E-state index in [-0.39, 0.29) is 5.41 Å². The van der Waals surface area contributed by atoms with Crippen molar-refractivity contribution in [2.75, 3.05) is 18.9 Å². The molecule has 2 aromatic rings. The second-order valence-electron chi connectivity index (χ2n) is 6.05. The summed E-state index contributed by atoms with van der Waals surface area (Å²) in [6.45, 7) is 7.55. The van der Waals surface area contributed by atoms with E-state index in [1.807, 2.05) is 19.1 Å². The van der Waals surface area contributed by atoms with Crippen LogP contribution in [0.25, 0.3) is 11.1 Å². The molecular weight excluding hydrogens is 254 g/mol. The van der Waals surface area contributed by atoms with Gasteiger partial charge in [0.25, 0.3) is 0 Å². The van der Waals surface area contributed by atoms with E-state index in [9.17, 15) is 0 Å². The molecule has 1 aliphatic rings.